The molecular weight excluding hydrogens is 632 g/mol. The smallest absolute Gasteiger partial charge is 0.0786 e. The molecule has 2 nitrogen and oxygen atoms in total. The number of quaternary nitrogens is 2. The lowest BCUT2D eigenvalue weighted by Crippen LogP contribution is -2.48. The largest absolute Gasteiger partial charge is 0.324 e. The molecule has 41 heavy (non-hydrogen) atoms. The van der Waals surface area contributed by atoms with Crippen LogP contribution in [0.4, 0.5) is 0 Å². The Labute approximate surface area is 270 Å². The summed E-state index contributed by atoms with van der Waals surface area (Å²) >= 11 is 7.69. The second-order valence-electron chi connectivity index (χ2n) is 12.8. The Morgan fingerprint density at radius 3 is 1.17 bits per heavy atom. The molecule has 0 atom stereocenters. The molecule has 0 aromatic heterocycles. The zero-order valence-electron chi connectivity index (χ0n) is 27.3. The zero-order chi connectivity index (χ0) is 29.9. The first-order valence-corrected chi connectivity index (χ1v) is 18.7. The molecule has 0 unspecified atom stereocenters. The molecular formula is C37H60Br2N2+2. The maximum absolute atomic E-state index is 3.85. The minimum atomic E-state index is 0.129. The lowest BCUT2D eigenvalue weighted by Gasteiger charge is -2.36. The Morgan fingerprint density at radius 2 is 0.829 bits per heavy atom. The average Bonchev–Trinajstić information content (AvgIpc) is 3.25. The van der Waals surface area contributed by atoms with Gasteiger partial charge in [0.25, 0.3) is 0 Å². The molecule has 0 N–H and O–H groups in total. The van der Waals surface area contributed by atoms with Crippen LogP contribution in [0.1, 0.15) is 117 Å². The van der Waals surface area contributed by atoms with Crippen molar-refractivity contribution in [3.63, 3.8) is 0 Å². The van der Waals surface area contributed by atoms with E-state index in [2.05, 4.69) is 110 Å². The minimum Gasteiger partial charge on any atom is -0.324 e. The van der Waals surface area contributed by atoms with Crippen LogP contribution >= 0.6 is 31.9 Å². The number of unbranched alkanes of at least 4 members (excludes halogenated alkanes) is 6. The third-order valence-electron chi connectivity index (χ3n) is 11.3. The van der Waals surface area contributed by atoms with Crippen LogP contribution < -0.4 is 0 Å². The van der Waals surface area contributed by atoms with Crippen LogP contribution in [0.5, 0.6) is 0 Å². The predicted molar refractivity (Wildman–Crippen MR) is 188 cm³/mol. The Kier molecular flexibility index (Phi) is 13.9. The lowest BCUT2D eigenvalue weighted by molar-refractivity contribution is -0.923. The fourth-order valence-corrected chi connectivity index (χ4v) is 8.57. The van der Waals surface area contributed by atoms with Gasteiger partial charge in [0.05, 0.1) is 52.4 Å². The van der Waals surface area contributed by atoms with Crippen molar-refractivity contribution < 1.29 is 8.97 Å². The van der Waals surface area contributed by atoms with Gasteiger partial charge in [0.15, 0.2) is 0 Å². The molecule has 0 fully saturated rings. The fourth-order valence-electron chi connectivity index (χ4n) is 7.85. The molecule has 0 saturated carbocycles. The van der Waals surface area contributed by atoms with E-state index in [4.69, 9.17) is 0 Å². The van der Waals surface area contributed by atoms with Gasteiger partial charge in [0.1, 0.15) is 0 Å². The maximum Gasteiger partial charge on any atom is 0.0786 e. The van der Waals surface area contributed by atoms with E-state index in [1.165, 1.54) is 146 Å². The Hall–Kier alpha value is -0.680. The van der Waals surface area contributed by atoms with Gasteiger partial charge >= 0.3 is 0 Å². The predicted octanol–water partition coefficient (Wildman–Crippen LogP) is 11.1. The van der Waals surface area contributed by atoms with Gasteiger partial charge in [-0.05, 0) is 127 Å². The summed E-state index contributed by atoms with van der Waals surface area (Å²) in [5, 5.41) is 0. The number of benzene rings is 2. The first-order valence-electron chi connectivity index (χ1n) is 17.1. The van der Waals surface area contributed by atoms with Gasteiger partial charge in [0, 0.05) is 14.4 Å². The Bertz CT molecular complexity index is 969. The molecule has 2 aromatic rings. The lowest BCUT2D eigenvalue weighted by atomic mass is 9.70. The van der Waals surface area contributed by atoms with Gasteiger partial charge in [-0.1, -0.05) is 69.7 Å². The van der Waals surface area contributed by atoms with Crippen molar-refractivity contribution in [3.8, 4) is 11.1 Å². The molecule has 0 bridgehead atoms. The summed E-state index contributed by atoms with van der Waals surface area (Å²) in [7, 11) is 0. The number of fused-ring (bicyclic) bond motifs is 3. The Balaban J connectivity index is 1.72. The molecule has 2 aromatic carbocycles. The van der Waals surface area contributed by atoms with Crippen LogP contribution in [-0.2, 0) is 5.41 Å². The highest BCUT2D eigenvalue weighted by molar-refractivity contribution is 9.10. The van der Waals surface area contributed by atoms with Crippen LogP contribution in [0, 0.1) is 0 Å². The number of hydrogen-bond acceptors (Lipinski definition) is 0. The van der Waals surface area contributed by atoms with Gasteiger partial charge in [-0.3, -0.25) is 0 Å². The SMILES string of the molecule is CC[N+](CC)(CC)CCCCCCC1(CCCCCC[N+](CC)(CC)CC)c2cc(Br)ccc2-c2ccc(Br)cc21. The van der Waals surface area contributed by atoms with Gasteiger partial charge < -0.3 is 8.97 Å². The summed E-state index contributed by atoms with van der Waals surface area (Å²) in [6, 6.07) is 14.1. The molecule has 0 aliphatic heterocycles. The summed E-state index contributed by atoms with van der Waals surface area (Å²) in [6.07, 6.45) is 13.3. The van der Waals surface area contributed by atoms with Crippen molar-refractivity contribution >= 4 is 31.9 Å². The van der Waals surface area contributed by atoms with E-state index in [1.54, 1.807) is 11.1 Å². The van der Waals surface area contributed by atoms with Crippen molar-refractivity contribution in [1.29, 1.82) is 0 Å². The van der Waals surface area contributed by atoms with Crippen LogP contribution in [0.25, 0.3) is 11.1 Å². The molecule has 0 radical (unpaired) electrons. The average molecular weight is 693 g/mol. The third-order valence-corrected chi connectivity index (χ3v) is 12.3. The monoisotopic (exact) mass is 690 g/mol. The Morgan fingerprint density at radius 1 is 0.488 bits per heavy atom. The van der Waals surface area contributed by atoms with E-state index >= 15 is 0 Å². The highest BCUT2D eigenvalue weighted by atomic mass is 79.9. The van der Waals surface area contributed by atoms with Crippen LogP contribution in [-0.4, -0.2) is 61.3 Å². The van der Waals surface area contributed by atoms with Crippen molar-refractivity contribution in [1.82, 2.24) is 0 Å². The van der Waals surface area contributed by atoms with Crippen LogP contribution in [0.3, 0.4) is 0 Å². The van der Waals surface area contributed by atoms with Crippen molar-refractivity contribution in [2.24, 2.45) is 0 Å². The van der Waals surface area contributed by atoms with Crippen molar-refractivity contribution in [2.45, 2.75) is 111 Å². The number of rotatable bonds is 20. The topological polar surface area (TPSA) is 0 Å². The first-order chi connectivity index (χ1) is 19.8. The first kappa shape index (κ1) is 34.8. The highest BCUT2D eigenvalue weighted by Gasteiger charge is 2.42. The summed E-state index contributed by atoms with van der Waals surface area (Å²) in [4.78, 5) is 0. The zero-order valence-corrected chi connectivity index (χ0v) is 30.5. The molecule has 4 heteroatoms. The van der Waals surface area contributed by atoms with Crippen molar-refractivity contribution in [3.05, 3.63) is 56.5 Å². The van der Waals surface area contributed by atoms with Gasteiger partial charge in [0.2, 0.25) is 0 Å². The van der Waals surface area contributed by atoms with E-state index in [-0.39, 0.29) is 5.41 Å². The van der Waals surface area contributed by atoms with E-state index < -0.39 is 0 Å². The maximum atomic E-state index is 3.85. The molecule has 0 spiro atoms. The molecule has 230 valence electrons. The second kappa shape index (κ2) is 16.4. The molecule has 0 amide bonds. The van der Waals surface area contributed by atoms with E-state index in [0.29, 0.717) is 0 Å². The van der Waals surface area contributed by atoms with Crippen LogP contribution in [0.2, 0.25) is 0 Å². The molecule has 0 heterocycles. The summed E-state index contributed by atoms with van der Waals surface area (Å²) < 4.78 is 4.99. The van der Waals surface area contributed by atoms with Gasteiger partial charge in [-0.15, -0.1) is 0 Å². The van der Waals surface area contributed by atoms with Crippen LogP contribution in [0.15, 0.2) is 45.3 Å². The third kappa shape index (κ3) is 8.28. The molecule has 3 rings (SSSR count). The summed E-state index contributed by atoms with van der Waals surface area (Å²) in [5.74, 6) is 0. The van der Waals surface area contributed by atoms with Gasteiger partial charge in [-0.2, -0.15) is 0 Å². The minimum absolute atomic E-state index is 0.129. The van der Waals surface area contributed by atoms with E-state index in [1.807, 2.05) is 0 Å². The quantitative estimate of drug-likeness (QED) is 0.0957. The highest BCUT2D eigenvalue weighted by Crippen LogP contribution is 2.55. The fraction of sp³-hybridized carbons (Fsp3) is 0.676. The second-order valence-corrected chi connectivity index (χ2v) is 14.6. The molecule has 1 aliphatic rings. The number of nitrogens with zero attached hydrogens (tertiary/aromatic N) is 2. The van der Waals surface area contributed by atoms with E-state index in [0.717, 1.165) is 0 Å². The number of hydrogen-bond donors (Lipinski definition) is 0. The number of halogens is 2. The summed E-state index contributed by atoms with van der Waals surface area (Å²) in [6.45, 7) is 24.5. The van der Waals surface area contributed by atoms with E-state index in [9.17, 15) is 0 Å². The van der Waals surface area contributed by atoms with Gasteiger partial charge in [-0.25, -0.2) is 0 Å². The standard InChI is InChI=1S/C37H60Br2N2/c1-7-40(8-2,9-3)27-19-15-13-17-25-37(26-18-14-16-20-28-41(10-4,11-5)12-6)35-29-31(38)21-23-33(35)34-24-22-32(39)30-36(34)37/h21-24,29-30H,7-20,25-28H2,1-6H3/q+2. The summed E-state index contributed by atoms with van der Waals surface area (Å²) in [5.41, 5.74) is 6.18. The molecule has 0 saturated heterocycles. The normalized spacial score (nSPS) is 14.3. The molecule has 1 aliphatic carbocycles. The van der Waals surface area contributed by atoms with Crippen molar-refractivity contribution in [2.75, 3.05) is 52.4 Å².